The van der Waals surface area contributed by atoms with E-state index in [0.717, 1.165) is 32.2 Å². The molecule has 0 saturated carbocycles. The number of fused-ring (bicyclic) bond motifs is 2. The molecule has 2 aromatic heterocycles. The number of anilines is 1. The summed E-state index contributed by atoms with van der Waals surface area (Å²) in [6.45, 7) is 2.54. The second kappa shape index (κ2) is 6.76. The number of carbonyl (C=O) groups is 1. The first-order valence-electron chi connectivity index (χ1n) is 9.20. The summed E-state index contributed by atoms with van der Waals surface area (Å²) < 4.78 is 8.62. The van der Waals surface area contributed by atoms with Gasteiger partial charge in [0.15, 0.2) is 0 Å². The standard InChI is InChI=1S/C21H18N4O2S/c1-2-27-17-9-5-3-7-13(17)14-11-19(26)24-20-15(14)12-22-25(20)21-23-16-8-4-6-10-18(16)28-21/h3-10,12,14H,2,11H2,1H3,(H,24,26)/t14-/m0/s1. The molecule has 4 aromatic rings. The molecule has 1 aliphatic rings. The van der Waals surface area contributed by atoms with Crippen molar-refractivity contribution in [3.8, 4) is 10.9 Å². The highest BCUT2D eigenvalue weighted by molar-refractivity contribution is 7.20. The van der Waals surface area contributed by atoms with Crippen molar-refractivity contribution in [1.82, 2.24) is 14.8 Å². The Morgan fingerprint density at radius 2 is 2.00 bits per heavy atom. The van der Waals surface area contributed by atoms with Gasteiger partial charge < -0.3 is 10.1 Å². The second-order valence-corrected chi connectivity index (χ2v) is 7.61. The van der Waals surface area contributed by atoms with Crippen LogP contribution in [0.2, 0.25) is 0 Å². The van der Waals surface area contributed by atoms with E-state index in [1.165, 1.54) is 0 Å². The molecule has 1 N–H and O–H groups in total. The van der Waals surface area contributed by atoms with Crippen molar-refractivity contribution in [2.45, 2.75) is 19.3 Å². The molecule has 6 nitrogen and oxygen atoms in total. The van der Waals surface area contributed by atoms with Gasteiger partial charge in [-0.2, -0.15) is 9.78 Å². The van der Waals surface area contributed by atoms with Gasteiger partial charge >= 0.3 is 0 Å². The molecule has 0 saturated heterocycles. The number of thiazole rings is 1. The summed E-state index contributed by atoms with van der Waals surface area (Å²) in [6, 6.07) is 15.9. The lowest BCUT2D eigenvalue weighted by Crippen LogP contribution is -2.24. The monoisotopic (exact) mass is 390 g/mol. The van der Waals surface area contributed by atoms with Crippen LogP contribution < -0.4 is 10.1 Å². The molecule has 0 aliphatic carbocycles. The number of rotatable bonds is 4. The van der Waals surface area contributed by atoms with Gasteiger partial charge in [0.25, 0.3) is 0 Å². The molecule has 1 amide bonds. The zero-order valence-corrected chi connectivity index (χ0v) is 16.1. The fraction of sp³-hybridized carbons (Fsp3) is 0.190. The number of aromatic nitrogens is 3. The summed E-state index contributed by atoms with van der Waals surface area (Å²) in [7, 11) is 0. The average molecular weight is 390 g/mol. The molecular weight excluding hydrogens is 372 g/mol. The number of para-hydroxylation sites is 2. The minimum atomic E-state index is -0.102. The molecule has 0 unspecified atom stereocenters. The SMILES string of the molecule is CCOc1ccccc1[C@@H]1CC(=O)Nc2c1cnn2-c1nc2ccccc2s1. The van der Waals surface area contributed by atoms with Crippen LogP contribution in [-0.4, -0.2) is 27.3 Å². The first kappa shape index (κ1) is 16.9. The maximum Gasteiger partial charge on any atom is 0.226 e. The maximum absolute atomic E-state index is 12.5. The highest BCUT2D eigenvalue weighted by Gasteiger charge is 2.32. The van der Waals surface area contributed by atoms with E-state index in [1.807, 2.05) is 61.7 Å². The second-order valence-electron chi connectivity index (χ2n) is 6.60. The Kier molecular flexibility index (Phi) is 4.09. The summed E-state index contributed by atoms with van der Waals surface area (Å²) >= 11 is 1.55. The lowest BCUT2D eigenvalue weighted by atomic mass is 9.87. The number of ether oxygens (including phenoxy) is 1. The largest absolute Gasteiger partial charge is 0.494 e. The molecule has 7 heteroatoms. The summed E-state index contributed by atoms with van der Waals surface area (Å²) in [5.41, 5.74) is 2.91. The molecule has 0 fully saturated rings. The van der Waals surface area contributed by atoms with Crippen molar-refractivity contribution in [1.29, 1.82) is 0 Å². The van der Waals surface area contributed by atoms with Crippen LogP contribution in [0.15, 0.2) is 54.7 Å². The number of benzene rings is 2. The van der Waals surface area contributed by atoms with E-state index in [9.17, 15) is 4.79 Å². The van der Waals surface area contributed by atoms with Gasteiger partial charge in [0.05, 0.1) is 23.0 Å². The highest BCUT2D eigenvalue weighted by atomic mass is 32.1. The highest BCUT2D eigenvalue weighted by Crippen LogP contribution is 2.41. The van der Waals surface area contributed by atoms with Crippen molar-refractivity contribution in [3.63, 3.8) is 0 Å². The molecule has 140 valence electrons. The molecule has 5 rings (SSSR count). The van der Waals surface area contributed by atoms with Gasteiger partial charge in [0.1, 0.15) is 11.6 Å². The van der Waals surface area contributed by atoms with Crippen LogP contribution in [0.25, 0.3) is 15.3 Å². The van der Waals surface area contributed by atoms with Gasteiger partial charge in [-0.25, -0.2) is 4.98 Å². The zero-order valence-electron chi connectivity index (χ0n) is 15.3. The van der Waals surface area contributed by atoms with E-state index >= 15 is 0 Å². The number of nitrogens with zero attached hydrogens (tertiary/aromatic N) is 3. The van der Waals surface area contributed by atoms with Gasteiger partial charge in [-0.1, -0.05) is 41.7 Å². The fourth-order valence-corrected chi connectivity index (χ4v) is 4.58. The Morgan fingerprint density at radius 3 is 2.86 bits per heavy atom. The molecule has 0 spiro atoms. The molecule has 0 bridgehead atoms. The first-order chi connectivity index (χ1) is 13.7. The first-order valence-corrected chi connectivity index (χ1v) is 10.0. The Bertz CT molecular complexity index is 1150. The Balaban J connectivity index is 1.62. The van der Waals surface area contributed by atoms with Crippen LogP contribution in [-0.2, 0) is 4.79 Å². The van der Waals surface area contributed by atoms with Crippen LogP contribution in [0.5, 0.6) is 5.75 Å². The van der Waals surface area contributed by atoms with Crippen molar-refractivity contribution < 1.29 is 9.53 Å². The van der Waals surface area contributed by atoms with Gasteiger partial charge in [-0.15, -0.1) is 0 Å². The summed E-state index contributed by atoms with van der Waals surface area (Å²) in [4.78, 5) is 17.2. The fourth-order valence-electron chi connectivity index (χ4n) is 3.65. The zero-order chi connectivity index (χ0) is 19.1. The third kappa shape index (κ3) is 2.75. The van der Waals surface area contributed by atoms with E-state index in [0.29, 0.717) is 18.8 Å². The predicted octanol–water partition coefficient (Wildman–Crippen LogP) is 4.35. The van der Waals surface area contributed by atoms with Crippen molar-refractivity contribution in [2.75, 3.05) is 11.9 Å². The van der Waals surface area contributed by atoms with Crippen molar-refractivity contribution in [2.24, 2.45) is 0 Å². The van der Waals surface area contributed by atoms with E-state index in [-0.39, 0.29) is 11.8 Å². The van der Waals surface area contributed by atoms with Gasteiger partial charge in [0, 0.05) is 23.5 Å². The Labute approximate surface area is 165 Å². The normalized spacial score (nSPS) is 16.0. The van der Waals surface area contributed by atoms with Gasteiger partial charge in [0.2, 0.25) is 11.0 Å². The Morgan fingerprint density at radius 1 is 1.18 bits per heavy atom. The number of nitrogens with one attached hydrogen (secondary N) is 1. The number of hydrogen-bond donors (Lipinski definition) is 1. The molecule has 1 aliphatic heterocycles. The molecule has 28 heavy (non-hydrogen) atoms. The van der Waals surface area contributed by atoms with E-state index in [1.54, 1.807) is 16.0 Å². The smallest absolute Gasteiger partial charge is 0.226 e. The summed E-state index contributed by atoms with van der Waals surface area (Å²) in [5.74, 6) is 1.36. The summed E-state index contributed by atoms with van der Waals surface area (Å²) in [5, 5.41) is 8.29. The average Bonchev–Trinajstić information content (AvgIpc) is 3.31. The van der Waals surface area contributed by atoms with Crippen LogP contribution in [0.1, 0.15) is 30.4 Å². The minimum Gasteiger partial charge on any atom is -0.494 e. The number of carbonyl (C=O) groups excluding carboxylic acids is 1. The summed E-state index contributed by atoms with van der Waals surface area (Å²) in [6.07, 6.45) is 2.19. The maximum atomic E-state index is 12.5. The lowest BCUT2D eigenvalue weighted by Gasteiger charge is -2.25. The number of hydrogen-bond acceptors (Lipinski definition) is 5. The molecular formula is C21H18N4O2S. The molecule has 2 aromatic carbocycles. The predicted molar refractivity (Wildman–Crippen MR) is 109 cm³/mol. The molecule has 3 heterocycles. The van der Waals surface area contributed by atoms with E-state index in [4.69, 9.17) is 4.74 Å². The van der Waals surface area contributed by atoms with Crippen molar-refractivity contribution >= 4 is 33.3 Å². The molecule has 0 radical (unpaired) electrons. The van der Waals surface area contributed by atoms with Crippen LogP contribution in [0.4, 0.5) is 5.82 Å². The topological polar surface area (TPSA) is 69.0 Å². The van der Waals surface area contributed by atoms with Gasteiger partial charge in [-0.3, -0.25) is 4.79 Å². The van der Waals surface area contributed by atoms with E-state index in [2.05, 4.69) is 15.4 Å². The lowest BCUT2D eigenvalue weighted by molar-refractivity contribution is -0.116. The Hall–Kier alpha value is -3.19. The van der Waals surface area contributed by atoms with Crippen LogP contribution >= 0.6 is 11.3 Å². The third-order valence-corrected chi connectivity index (χ3v) is 5.89. The van der Waals surface area contributed by atoms with Crippen molar-refractivity contribution in [3.05, 3.63) is 65.9 Å². The van der Waals surface area contributed by atoms with Gasteiger partial charge in [-0.05, 0) is 25.1 Å². The van der Waals surface area contributed by atoms with E-state index < -0.39 is 0 Å². The quantitative estimate of drug-likeness (QED) is 0.562. The third-order valence-electron chi connectivity index (χ3n) is 4.88. The van der Waals surface area contributed by atoms with Crippen LogP contribution in [0.3, 0.4) is 0 Å². The minimum absolute atomic E-state index is 0.0355. The van der Waals surface area contributed by atoms with Crippen LogP contribution in [0, 0.1) is 0 Å². The molecule has 1 atom stereocenters. The number of amides is 1.